The van der Waals surface area contributed by atoms with Crippen molar-refractivity contribution in [2.45, 2.75) is 32.2 Å². The smallest absolute Gasteiger partial charge is 0.162 e. The number of nitrogens with one attached hydrogen (secondary N) is 1. The number of rotatable bonds is 5. The van der Waals surface area contributed by atoms with Gasteiger partial charge in [-0.05, 0) is 42.5 Å². The summed E-state index contributed by atoms with van der Waals surface area (Å²) in [6, 6.07) is 4.13. The lowest BCUT2D eigenvalue weighted by atomic mass is 10.00. The van der Waals surface area contributed by atoms with Gasteiger partial charge in [0.25, 0.3) is 0 Å². The Balaban J connectivity index is 2.29. The molecule has 0 amide bonds. The highest BCUT2D eigenvalue weighted by Gasteiger charge is 2.22. The number of hydrogen-bond donors (Lipinski definition) is 1. The molecule has 108 valence electrons. The third-order valence-corrected chi connectivity index (χ3v) is 4.06. The fourth-order valence-electron chi connectivity index (χ4n) is 2.10. The summed E-state index contributed by atoms with van der Waals surface area (Å²) < 4.78 is 31.0. The molecule has 6 heteroatoms. The predicted octanol–water partition coefficient (Wildman–Crippen LogP) is 3.44. The van der Waals surface area contributed by atoms with Crippen LogP contribution in [-0.4, -0.2) is 16.6 Å². The first kappa shape index (κ1) is 15.0. The summed E-state index contributed by atoms with van der Waals surface area (Å²) in [5.74, 6) is -1.35. The lowest BCUT2D eigenvalue weighted by Gasteiger charge is -2.17. The quantitative estimate of drug-likeness (QED) is 0.918. The van der Waals surface area contributed by atoms with E-state index < -0.39 is 11.6 Å². The Hall–Kier alpha value is -1.40. The lowest BCUT2D eigenvalue weighted by molar-refractivity contribution is 0.487. The van der Waals surface area contributed by atoms with Crippen molar-refractivity contribution in [2.24, 2.45) is 0 Å². The van der Waals surface area contributed by atoms with E-state index in [0.717, 1.165) is 16.6 Å². The molecule has 1 atom stereocenters. The number of nitrogens with zero attached hydrogens (tertiary/aromatic N) is 2. The Morgan fingerprint density at radius 2 is 2.05 bits per heavy atom. The zero-order valence-electron chi connectivity index (χ0n) is 11.7. The third kappa shape index (κ3) is 3.02. The molecule has 0 aliphatic heterocycles. The molecule has 0 saturated carbocycles. The second-order valence-electron chi connectivity index (χ2n) is 4.94. The molecule has 0 radical (unpaired) electrons. The molecule has 1 unspecified atom stereocenters. The molecule has 0 aliphatic carbocycles. The van der Waals surface area contributed by atoms with Crippen molar-refractivity contribution in [2.75, 3.05) is 7.05 Å². The Morgan fingerprint density at radius 1 is 1.30 bits per heavy atom. The Labute approximate surface area is 121 Å². The Morgan fingerprint density at radius 3 is 2.70 bits per heavy atom. The molecule has 0 saturated heterocycles. The van der Waals surface area contributed by atoms with Gasteiger partial charge in [0.1, 0.15) is 0 Å². The monoisotopic (exact) mass is 297 g/mol. The van der Waals surface area contributed by atoms with E-state index in [4.69, 9.17) is 0 Å². The highest BCUT2D eigenvalue weighted by Crippen LogP contribution is 2.29. The van der Waals surface area contributed by atoms with Gasteiger partial charge in [-0.1, -0.05) is 30.5 Å². The average molecular weight is 297 g/mol. The minimum absolute atomic E-state index is 0.122. The van der Waals surface area contributed by atoms with Crippen LogP contribution in [0.2, 0.25) is 0 Å². The van der Waals surface area contributed by atoms with Crippen molar-refractivity contribution in [1.82, 2.24) is 14.9 Å². The normalized spacial score (nSPS) is 12.9. The van der Waals surface area contributed by atoms with Crippen LogP contribution in [0.5, 0.6) is 0 Å². The van der Waals surface area contributed by atoms with E-state index in [0.29, 0.717) is 12.0 Å². The molecule has 1 aromatic heterocycles. The van der Waals surface area contributed by atoms with Gasteiger partial charge >= 0.3 is 0 Å². The highest BCUT2D eigenvalue weighted by molar-refractivity contribution is 7.05. The van der Waals surface area contributed by atoms with E-state index in [9.17, 15) is 8.78 Å². The van der Waals surface area contributed by atoms with Gasteiger partial charge in [0.2, 0.25) is 0 Å². The van der Waals surface area contributed by atoms with E-state index in [-0.39, 0.29) is 12.0 Å². The summed E-state index contributed by atoms with van der Waals surface area (Å²) in [6.07, 6.45) is 0.365. The summed E-state index contributed by atoms with van der Waals surface area (Å²) in [4.78, 5) is 0.978. The summed E-state index contributed by atoms with van der Waals surface area (Å²) in [5, 5.41) is 7.26. The maximum absolute atomic E-state index is 13.8. The maximum atomic E-state index is 13.8. The van der Waals surface area contributed by atoms with Crippen LogP contribution < -0.4 is 5.32 Å². The van der Waals surface area contributed by atoms with Crippen molar-refractivity contribution in [3.8, 4) is 0 Å². The molecule has 1 N–H and O–H groups in total. The van der Waals surface area contributed by atoms with Gasteiger partial charge in [0.15, 0.2) is 11.6 Å². The van der Waals surface area contributed by atoms with Gasteiger partial charge < -0.3 is 5.32 Å². The van der Waals surface area contributed by atoms with Crippen LogP contribution in [0.4, 0.5) is 8.78 Å². The van der Waals surface area contributed by atoms with Crippen molar-refractivity contribution >= 4 is 11.5 Å². The second kappa shape index (κ2) is 6.37. The van der Waals surface area contributed by atoms with Gasteiger partial charge in [0.05, 0.1) is 10.6 Å². The summed E-state index contributed by atoms with van der Waals surface area (Å²) >= 11 is 1.30. The number of benzene rings is 1. The van der Waals surface area contributed by atoms with Crippen LogP contribution in [0, 0.1) is 11.6 Å². The average Bonchev–Trinajstić information content (AvgIpc) is 2.90. The number of likely N-dealkylation sites (N-methyl/N-ethyl adjacent to an activating group) is 1. The van der Waals surface area contributed by atoms with Gasteiger partial charge in [-0.3, -0.25) is 0 Å². The lowest BCUT2D eigenvalue weighted by Crippen LogP contribution is -2.20. The molecule has 0 spiro atoms. The second-order valence-corrected chi connectivity index (χ2v) is 5.72. The first-order chi connectivity index (χ1) is 9.54. The fourth-order valence-corrected chi connectivity index (χ4v) is 3.01. The van der Waals surface area contributed by atoms with Gasteiger partial charge in [-0.15, -0.1) is 5.10 Å². The summed E-state index contributed by atoms with van der Waals surface area (Å²) in [7, 11) is 1.80. The summed E-state index contributed by atoms with van der Waals surface area (Å²) in [6.45, 7) is 4.07. The minimum atomic E-state index is -0.816. The zero-order chi connectivity index (χ0) is 14.7. The highest BCUT2D eigenvalue weighted by atomic mass is 32.1. The predicted molar refractivity (Wildman–Crippen MR) is 75.9 cm³/mol. The molecule has 0 bridgehead atoms. The number of hydrogen-bond acceptors (Lipinski definition) is 4. The van der Waals surface area contributed by atoms with Crippen LogP contribution in [-0.2, 0) is 6.42 Å². The molecule has 0 aliphatic rings. The van der Waals surface area contributed by atoms with Crippen molar-refractivity contribution in [1.29, 1.82) is 0 Å². The van der Waals surface area contributed by atoms with E-state index in [1.54, 1.807) is 13.1 Å². The van der Waals surface area contributed by atoms with Crippen molar-refractivity contribution in [3.63, 3.8) is 0 Å². The first-order valence-electron chi connectivity index (χ1n) is 6.46. The van der Waals surface area contributed by atoms with Crippen LogP contribution in [0.25, 0.3) is 0 Å². The molecule has 2 rings (SSSR count). The molecule has 1 aromatic carbocycles. The Bertz CT molecular complexity index is 584. The Kier molecular flexibility index (Phi) is 4.77. The van der Waals surface area contributed by atoms with Gasteiger partial charge in [0, 0.05) is 6.04 Å². The van der Waals surface area contributed by atoms with Crippen LogP contribution in [0.3, 0.4) is 0 Å². The van der Waals surface area contributed by atoms with Gasteiger partial charge in [-0.2, -0.15) is 0 Å². The first-order valence-corrected chi connectivity index (χ1v) is 7.24. The van der Waals surface area contributed by atoms with Crippen LogP contribution >= 0.6 is 11.5 Å². The SMILES string of the molecule is CNC(Cc1cccc(F)c1F)c1snnc1C(C)C. The molecule has 20 heavy (non-hydrogen) atoms. The summed E-state index contributed by atoms with van der Waals surface area (Å²) in [5.41, 5.74) is 1.26. The maximum Gasteiger partial charge on any atom is 0.162 e. The molecule has 0 fully saturated rings. The van der Waals surface area contributed by atoms with E-state index in [1.165, 1.54) is 17.6 Å². The zero-order valence-corrected chi connectivity index (χ0v) is 12.5. The van der Waals surface area contributed by atoms with E-state index >= 15 is 0 Å². The van der Waals surface area contributed by atoms with Crippen LogP contribution in [0.1, 0.15) is 41.9 Å². The molecule has 1 heterocycles. The van der Waals surface area contributed by atoms with Crippen molar-refractivity contribution < 1.29 is 8.78 Å². The van der Waals surface area contributed by atoms with Crippen LogP contribution in [0.15, 0.2) is 18.2 Å². The number of aromatic nitrogens is 2. The largest absolute Gasteiger partial charge is 0.312 e. The van der Waals surface area contributed by atoms with E-state index in [2.05, 4.69) is 14.9 Å². The molecular weight excluding hydrogens is 280 g/mol. The topological polar surface area (TPSA) is 37.8 Å². The molecular formula is C14H17F2N3S. The molecule has 3 nitrogen and oxygen atoms in total. The van der Waals surface area contributed by atoms with E-state index in [1.807, 2.05) is 13.8 Å². The van der Waals surface area contributed by atoms with Gasteiger partial charge in [-0.25, -0.2) is 8.78 Å². The molecule has 2 aromatic rings. The minimum Gasteiger partial charge on any atom is -0.312 e. The van der Waals surface area contributed by atoms with Crippen molar-refractivity contribution in [3.05, 3.63) is 46.0 Å². The fraction of sp³-hybridized carbons (Fsp3) is 0.429. The number of halogens is 2. The standard InChI is InChI=1S/C14H17F2N3S/c1-8(2)13-14(20-19-18-13)11(17-3)7-9-5-4-6-10(15)12(9)16/h4-6,8,11,17H,7H2,1-3H3. The third-order valence-electron chi connectivity index (χ3n) is 3.21.